The van der Waals surface area contributed by atoms with Gasteiger partial charge in [0.15, 0.2) is 10.5 Å². The number of hydrogen-bond acceptors (Lipinski definition) is 24. The largest absolute Gasteiger partial charge is 0.508 e. The number of rotatable bonds is 26. The van der Waals surface area contributed by atoms with Crippen LogP contribution in [0.15, 0.2) is 63.8 Å². The Morgan fingerprint density at radius 1 is 0.663 bits per heavy atom. The molecule has 0 bridgehead atoms. The number of carboxylic acid groups (broad SMARTS) is 4. The van der Waals surface area contributed by atoms with Crippen LogP contribution in [0.4, 0.5) is 5.69 Å². The number of aromatic hydroxyl groups is 1. The first-order valence-corrected chi connectivity index (χ1v) is 26.7. The summed E-state index contributed by atoms with van der Waals surface area (Å²) < 4.78 is 39.5. The van der Waals surface area contributed by atoms with Gasteiger partial charge in [0.2, 0.25) is 0 Å². The van der Waals surface area contributed by atoms with E-state index in [1.165, 1.54) is 30.3 Å². The van der Waals surface area contributed by atoms with Crippen LogP contribution in [0.5, 0.6) is 5.75 Å². The van der Waals surface area contributed by atoms with Crippen LogP contribution in [0.2, 0.25) is 0 Å². The molecule has 0 amide bonds. The number of benzene rings is 3. The van der Waals surface area contributed by atoms with E-state index in [1.54, 1.807) is 24.3 Å². The van der Waals surface area contributed by atoms with Crippen molar-refractivity contribution in [1.29, 1.82) is 0 Å². The number of phenols is 1. The first-order chi connectivity index (χ1) is 39.3. The molecule has 29 nitrogen and oxygen atoms in total. The summed E-state index contributed by atoms with van der Waals surface area (Å²) in [6.07, 6.45) is -25.5. The quantitative estimate of drug-likeness (QED) is 0.0195. The molecule has 5 aliphatic rings. The van der Waals surface area contributed by atoms with Crippen molar-refractivity contribution in [2.45, 2.75) is 148 Å². The zero-order valence-electron chi connectivity index (χ0n) is 44.0. The van der Waals surface area contributed by atoms with Crippen LogP contribution in [0.25, 0.3) is 33.4 Å². The Kier molecular flexibility index (Phi) is 21.2. The molecule has 17 N–H and O–H groups in total. The number of aliphatic carboxylic acids is 3. The summed E-state index contributed by atoms with van der Waals surface area (Å²) in [5.74, 6) is -16.4. The minimum atomic E-state index is -3.30. The number of aromatic carboxylic acids is 1. The van der Waals surface area contributed by atoms with E-state index in [2.05, 4.69) is 10.6 Å². The van der Waals surface area contributed by atoms with Crippen LogP contribution in [0.3, 0.4) is 0 Å². The van der Waals surface area contributed by atoms with Crippen molar-refractivity contribution in [2.75, 3.05) is 38.3 Å². The first-order valence-electron chi connectivity index (χ1n) is 26.3. The van der Waals surface area contributed by atoms with E-state index in [4.69, 9.17) is 45.1 Å². The van der Waals surface area contributed by atoms with Crippen LogP contribution >= 0.6 is 12.2 Å². The molecule has 0 spiro atoms. The molecule has 2 aromatic rings. The second-order valence-corrected chi connectivity index (χ2v) is 20.8. The third-order valence-electron chi connectivity index (χ3n) is 14.6. The van der Waals surface area contributed by atoms with Gasteiger partial charge in [0, 0.05) is 60.1 Å². The molecule has 7 rings (SSSR count). The molecule has 1 aliphatic carbocycles. The number of nitrogens with one attached hydrogen (secondary N) is 2. The highest BCUT2D eigenvalue weighted by atomic mass is 32.1. The Labute approximate surface area is 475 Å². The molecular formula is C53H66N2O27S. The van der Waals surface area contributed by atoms with Gasteiger partial charge < -0.3 is 120 Å². The third-order valence-corrected chi connectivity index (χ3v) is 14.8. The predicted molar refractivity (Wildman–Crippen MR) is 284 cm³/mol. The Morgan fingerprint density at radius 2 is 1.24 bits per heavy atom. The molecule has 3 saturated heterocycles. The number of unbranched alkanes of at least 4 members (excludes halogenated alkanes) is 5. The molecule has 0 aromatic heterocycles. The van der Waals surface area contributed by atoms with Gasteiger partial charge in [0.05, 0.1) is 50.3 Å². The van der Waals surface area contributed by atoms with Crippen molar-refractivity contribution in [3.8, 4) is 28.2 Å². The van der Waals surface area contributed by atoms with Gasteiger partial charge in [-0.3, -0.25) is 4.79 Å². The van der Waals surface area contributed by atoms with E-state index in [0.29, 0.717) is 66.4 Å². The Hall–Kier alpha value is -6.14. The number of ether oxygens (including phenoxy) is 6. The number of anilines is 1. The van der Waals surface area contributed by atoms with E-state index >= 15 is 0 Å². The molecule has 3 fully saturated rings. The molecule has 30 heteroatoms. The number of phenolic OH excluding ortho intramolecular Hbond substituents is 1. The van der Waals surface area contributed by atoms with Gasteiger partial charge in [0.25, 0.3) is 17.4 Å². The Balaban J connectivity index is 0.927. The van der Waals surface area contributed by atoms with Gasteiger partial charge in [-0.2, -0.15) is 0 Å². The van der Waals surface area contributed by atoms with Crippen LogP contribution in [-0.2, 0) is 42.8 Å². The van der Waals surface area contributed by atoms with Gasteiger partial charge in [-0.1, -0.05) is 31.7 Å². The maximum atomic E-state index is 13.2. The maximum absolute atomic E-state index is 13.2. The average Bonchev–Trinajstić information content (AvgIpc) is 1.86. The van der Waals surface area contributed by atoms with Crippen molar-refractivity contribution in [3.63, 3.8) is 0 Å². The van der Waals surface area contributed by atoms with Crippen molar-refractivity contribution >= 4 is 57.9 Å². The summed E-state index contributed by atoms with van der Waals surface area (Å²) in [5.41, 5.74) is 1.48. The van der Waals surface area contributed by atoms with Gasteiger partial charge in [-0.25, -0.2) is 19.2 Å². The second-order valence-electron chi connectivity index (χ2n) is 20.4. The molecule has 4 heterocycles. The number of carbonyl (C=O) groups is 4. The van der Waals surface area contributed by atoms with Gasteiger partial charge in [0.1, 0.15) is 72.0 Å². The third kappa shape index (κ3) is 14.2. The monoisotopic (exact) mass is 1190 g/mol. The molecule has 15 atom stereocenters. The van der Waals surface area contributed by atoms with E-state index in [9.17, 15) is 101 Å². The first kappa shape index (κ1) is 64.4. The summed E-state index contributed by atoms with van der Waals surface area (Å²) in [6.45, 7) is -3.56. The summed E-state index contributed by atoms with van der Waals surface area (Å²) in [5, 5.41) is 164. The highest BCUT2D eigenvalue weighted by Gasteiger charge is 2.63. The maximum Gasteiger partial charge on any atom is 0.364 e. The standard InChI is InChI=1S/C53H66N2O27S/c56-21-33(63)43-40(65)32(62)19-52(80-43,48(72)73)78-37-20-53(49(74)75,81-44(42(37)67)34(64)22-57)79-38(23-58)45-41(66)31(61)18-51(82-45,47(70)71)76-14-6-4-2-1-3-5-13-54-50(83)55-24-7-10-27(30(15-24)46(68)69)39-28-11-8-25(59)16-35(28)77-36-17-26(60)9-12-29(36)39/h7-12,15-17,31-34,37-38,40-45,56-59,61-67H,1-6,13-14,18-23H2,(H,68,69)(H,70,71)(H,72,73)(H,74,75)(H2,54,55,83)/t31-,32-,33-,34-,37-,38-,40-,41-,42-,43-,44-,45-,51+,52+,53+/m1/s1. The second kappa shape index (κ2) is 27.3. The lowest BCUT2D eigenvalue weighted by Crippen LogP contribution is -2.69. The van der Waals surface area contributed by atoms with E-state index in [1.807, 2.05) is 0 Å². The number of aliphatic hydroxyl groups excluding tert-OH is 10. The van der Waals surface area contributed by atoms with Crippen LogP contribution in [0.1, 0.15) is 68.1 Å². The molecule has 4 aliphatic heterocycles. The summed E-state index contributed by atoms with van der Waals surface area (Å²) >= 11 is 5.47. The highest BCUT2D eigenvalue weighted by Crippen LogP contribution is 2.45. The lowest BCUT2D eigenvalue weighted by Gasteiger charge is -2.51. The number of aliphatic hydroxyl groups is 10. The summed E-state index contributed by atoms with van der Waals surface area (Å²) in [7, 11) is 0. The van der Waals surface area contributed by atoms with Gasteiger partial charge in [-0.05, 0) is 67.0 Å². The smallest absolute Gasteiger partial charge is 0.364 e. The zero-order chi connectivity index (χ0) is 60.7. The van der Waals surface area contributed by atoms with Crippen molar-refractivity contribution in [1.82, 2.24) is 5.32 Å². The van der Waals surface area contributed by atoms with E-state index in [-0.39, 0.29) is 46.2 Å². The fraction of sp³-hybridized carbons (Fsp3) is 0.547. The Morgan fingerprint density at radius 3 is 1.87 bits per heavy atom. The minimum absolute atomic E-state index is 0.0813. The lowest BCUT2D eigenvalue weighted by molar-refractivity contribution is -0.389. The summed E-state index contributed by atoms with van der Waals surface area (Å²) in [4.78, 5) is 63.7. The fourth-order valence-electron chi connectivity index (χ4n) is 10.3. The topological polar surface area (TPSA) is 481 Å². The normalized spacial score (nSPS) is 29.4. The lowest BCUT2D eigenvalue weighted by atomic mass is 9.89. The predicted octanol–water partition coefficient (Wildman–Crippen LogP) is -1.40. The molecule has 0 unspecified atom stereocenters. The van der Waals surface area contributed by atoms with E-state index in [0.717, 1.165) is 0 Å². The minimum Gasteiger partial charge on any atom is -0.508 e. The summed E-state index contributed by atoms with van der Waals surface area (Å²) in [6, 6.07) is 13.2. The van der Waals surface area contributed by atoms with Crippen LogP contribution < -0.4 is 16.1 Å². The number of fused-ring (bicyclic) bond motifs is 2. The van der Waals surface area contributed by atoms with Gasteiger partial charge >= 0.3 is 23.9 Å². The van der Waals surface area contributed by atoms with Crippen LogP contribution in [0, 0.1) is 0 Å². The van der Waals surface area contributed by atoms with Crippen molar-refractivity contribution in [2.24, 2.45) is 0 Å². The van der Waals surface area contributed by atoms with Gasteiger partial charge in [-0.15, -0.1) is 0 Å². The SMILES string of the molecule is O=C(O)c1cc(NC(=S)NCCCCCCCCO[C@@]2(C(=O)O)C[C@@H](O)[C@@H](O)[C@@H]([C@@H](CO)O[C@@]3(C(=O)O)C[C@@H](O[C@@]4(C(=O)O)C[C@@H](O)[C@@H](O)[C@@H]([C@H](O)CO)O4)[C@@H](O)[C@@H]([C@H](O)CO)O3)O2)ccc1-c1c2ccc(=O)cc-2oc2cc(O)ccc12. The number of thiocarbonyl (C=S) groups is 1. The average molecular weight is 1200 g/mol. The molecule has 83 heavy (non-hydrogen) atoms. The molecule has 456 valence electrons. The Bertz CT molecular complexity index is 2980. The fourth-order valence-corrected chi connectivity index (χ4v) is 10.5. The van der Waals surface area contributed by atoms with E-state index < -0.39 is 154 Å². The number of carboxylic acids is 4. The van der Waals surface area contributed by atoms with Crippen molar-refractivity contribution < 1.29 is 129 Å². The zero-order valence-corrected chi connectivity index (χ0v) is 44.9. The highest BCUT2D eigenvalue weighted by molar-refractivity contribution is 7.80. The van der Waals surface area contributed by atoms with Crippen molar-refractivity contribution in [3.05, 3.63) is 70.4 Å². The molecule has 2 aromatic carbocycles. The number of hydrogen-bond donors (Lipinski definition) is 17. The molecule has 0 saturated carbocycles. The molecule has 0 radical (unpaired) electrons. The molecular weight excluding hydrogens is 1130 g/mol. The van der Waals surface area contributed by atoms with Crippen LogP contribution in [-0.4, -0.2) is 229 Å².